The van der Waals surface area contributed by atoms with E-state index >= 15 is 0 Å². The van der Waals surface area contributed by atoms with Crippen molar-refractivity contribution in [1.29, 1.82) is 0 Å². The zero-order chi connectivity index (χ0) is 22.5. The van der Waals surface area contributed by atoms with Gasteiger partial charge in [-0.15, -0.1) is 11.8 Å². The minimum Gasteiger partial charge on any atom is -0.355 e. The van der Waals surface area contributed by atoms with E-state index in [1.165, 1.54) is 17.3 Å². The minimum absolute atomic E-state index is 0.0561. The lowest BCUT2D eigenvalue weighted by Gasteiger charge is -2.35. The molecule has 0 unspecified atom stereocenters. The Hall–Kier alpha value is -2.76. The van der Waals surface area contributed by atoms with Gasteiger partial charge in [-0.05, 0) is 41.8 Å². The number of thioether (sulfide) groups is 1. The predicted molar refractivity (Wildman–Crippen MR) is 131 cm³/mol. The maximum Gasteiger partial charge on any atom is 0.241 e. The number of para-hydroxylation sites is 1. The summed E-state index contributed by atoms with van der Waals surface area (Å²) >= 11 is 7.62. The van der Waals surface area contributed by atoms with E-state index in [4.69, 9.17) is 11.6 Å². The molecule has 2 atom stereocenters. The highest BCUT2D eigenvalue weighted by Crippen LogP contribution is 2.42. The fourth-order valence-corrected chi connectivity index (χ4v) is 5.31. The number of carbonyl (C=O) groups is 2. The highest BCUT2D eigenvalue weighted by molar-refractivity contribution is 8.01. The number of fused-ring (bicyclic) bond motifs is 1. The second-order valence-electron chi connectivity index (χ2n) is 7.88. The van der Waals surface area contributed by atoms with Gasteiger partial charge in [-0.1, -0.05) is 73.1 Å². The Morgan fingerprint density at radius 3 is 2.53 bits per heavy atom. The fourth-order valence-electron chi connectivity index (χ4n) is 3.81. The third-order valence-electron chi connectivity index (χ3n) is 5.57. The molecule has 1 heterocycles. The maximum absolute atomic E-state index is 13.5. The summed E-state index contributed by atoms with van der Waals surface area (Å²) in [5.41, 5.74) is 2.99. The summed E-state index contributed by atoms with van der Waals surface area (Å²) < 4.78 is 0. The van der Waals surface area contributed by atoms with Crippen LogP contribution in [0.25, 0.3) is 0 Å². The Labute approximate surface area is 198 Å². The zero-order valence-corrected chi connectivity index (χ0v) is 19.4. The molecule has 3 aromatic rings. The third kappa shape index (κ3) is 5.17. The van der Waals surface area contributed by atoms with E-state index in [-0.39, 0.29) is 11.8 Å². The van der Waals surface area contributed by atoms with Gasteiger partial charge in [0.25, 0.3) is 0 Å². The molecule has 6 heteroatoms. The van der Waals surface area contributed by atoms with Gasteiger partial charge in [0.15, 0.2) is 0 Å². The van der Waals surface area contributed by atoms with E-state index in [9.17, 15) is 9.59 Å². The Kier molecular flexibility index (Phi) is 7.18. The average molecular weight is 465 g/mol. The summed E-state index contributed by atoms with van der Waals surface area (Å²) in [6.07, 6.45) is 0.759. The van der Waals surface area contributed by atoms with Crippen molar-refractivity contribution in [1.82, 2.24) is 5.32 Å². The van der Waals surface area contributed by atoms with Crippen LogP contribution in [0.4, 0.5) is 5.69 Å². The predicted octanol–water partition coefficient (Wildman–Crippen LogP) is 5.34. The molecule has 4 nitrogen and oxygen atoms in total. The van der Waals surface area contributed by atoms with Crippen LogP contribution in [0.1, 0.15) is 18.1 Å². The number of rotatable bonds is 7. The van der Waals surface area contributed by atoms with Gasteiger partial charge in [-0.3, -0.25) is 9.59 Å². The molecule has 0 spiro atoms. The molecule has 3 aromatic carbocycles. The van der Waals surface area contributed by atoms with Gasteiger partial charge < -0.3 is 10.2 Å². The first-order chi connectivity index (χ1) is 15.5. The lowest BCUT2D eigenvalue weighted by Crippen LogP contribution is -2.47. The monoisotopic (exact) mass is 464 g/mol. The molecular weight excluding hydrogens is 440 g/mol. The first-order valence-electron chi connectivity index (χ1n) is 10.7. The van der Waals surface area contributed by atoms with Crippen LogP contribution >= 0.6 is 23.4 Å². The largest absolute Gasteiger partial charge is 0.355 e. The molecule has 164 valence electrons. The number of anilines is 1. The van der Waals surface area contributed by atoms with Gasteiger partial charge >= 0.3 is 0 Å². The Bertz CT molecular complexity index is 1110. The van der Waals surface area contributed by atoms with E-state index in [1.54, 1.807) is 4.90 Å². The van der Waals surface area contributed by atoms with E-state index < -0.39 is 11.2 Å². The average Bonchev–Trinajstić information content (AvgIpc) is 2.81. The highest BCUT2D eigenvalue weighted by atomic mass is 35.5. The van der Waals surface area contributed by atoms with Crippen LogP contribution in [-0.2, 0) is 22.6 Å². The third-order valence-corrected chi connectivity index (χ3v) is 7.27. The van der Waals surface area contributed by atoms with E-state index in [0.29, 0.717) is 18.1 Å². The second-order valence-corrected chi connectivity index (χ2v) is 9.50. The lowest BCUT2D eigenvalue weighted by molar-refractivity contribution is -0.128. The molecule has 2 amide bonds. The number of nitrogens with one attached hydrogen (secondary N) is 1. The summed E-state index contributed by atoms with van der Waals surface area (Å²) in [5, 5.41) is 3.16. The van der Waals surface area contributed by atoms with Crippen molar-refractivity contribution in [3.8, 4) is 0 Å². The van der Waals surface area contributed by atoms with Crippen molar-refractivity contribution in [2.24, 2.45) is 5.92 Å². The summed E-state index contributed by atoms with van der Waals surface area (Å²) in [6.45, 7) is 2.79. The van der Waals surface area contributed by atoms with Crippen molar-refractivity contribution in [2.75, 3.05) is 11.4 Å². The summed E-state index contributed by atoms with van der Waals surface area (Å²) in [7, 11) is 0. The first-order valence-corrected chi connectivity index (χ1v) is 11.9. The summed E-state index contributed by atoms with van der Waals surface area (Å²) in [5.74, 6) is -0.619. The van der Waals surface area contributed by atoms with Crippen molar-refractivity contribution in [3.05, 3.63) is 95.0 Å². The quantitative estimate of drug-likeness (QED) is 0.513. The van der Waals surface area contributed by atoms with Crippen LogP contribution in [0.15, 0.2) is 83.8 Å². The highest BCUT2D eigenvalue weighted by Gasteiger charge is 2.39. The van der Waals surface area contributed by atoms with Crippen LogP contribution in [0, 0.1) is 5.92 Å². The van der Waals surface area contributed by atoms with Gasteiger partial charge in [-0.25, -0.2) is 0 Å². The van der Waals surface area contributed by atoms with Crippen molar-refractivity contribution in [3.63, 3.8) is 0 Å². The van der Waals surface area contributed by atoms with E-state index in [2.05, 4.69) is 5.32 Å². The molecule has 0 saturated carbocycles. The second kappa shape index (κ2) is 10.2. The molecule has 1 N–H and O–H groups in total. The molecule has 1 aliphatic heterocycles. The molecular formula is C26H25ClN2O2S. The Balaban J connectivity index is 1.48. The summed E-state index contributed by atoms with van der Waals surface area (Å²) in [4.78, 5) is 29.2. The number of carbonyl (C=O) groups excluding carboxylic acids is 2. The number of nitrogens with zero attached hydrogens (tertiary/aromatic N) is 1. The van der Waals surface area contributed by atoms with Crippen LogP contribution in [-0.4, -0.2) is 23.6 Å². The topological polar surface area (TPSA) is 49.4 Å². The Morgan fingerprint density at radius 2 is 1.75 bits per heavy atom. The fraction of sp³-hybridized carbons (Fsp3) is 0.231. The number of hydrogen-bond donors (Lipinski definition) is 1. The molecule has 0 aliphatic carbocycles. The van der Waals surface area contributed by atoms with Crippen LogP contribution in [0.3, 0.4) is 0 Å². The normalized spacial score (nSPS) is 16.4. The van der Waals surface area contributed by atoms with Crippen molar-refractivity contribution < 1.29 is 9.59 Å². The molecule has 0 fully saturated rings. The van der Waals surface area contributed by atoms with Gasteiger partial charge in [0, 0.05) is 16.5 Å². The zero-order valence-electron chi connectivity index (χ0n) is 17.8. The van der Waals surface area contributed by atoms with Gasteiger partial charge in [-0.2, -0.15) is 0 Å². The molecule has 0 aromatic heterocycles. The Morgan fingerprint density at radius 1 is 1.03 bits per heavy atom. The number of halogens is 1. The lowest BCUT2D eigenvalue weighted by atomic mass is 10.0. The van der Waals surface area contributed by atoms with E-state index in [1.807, 2.05) is 85.8 Å². The first kappa shape index (κ1) is 22.4. The number of hydrogen-bond acceptors (Lipinski definition) is 3. The van der Waals surface area contributed by atoms with Crippen LogP contribution < -0.4 is 10.2 Å². The van der Waals surface area contributed by atoms with Gasteiger partial charge in [0.2, 0.25) is 11.8 Å². The molecule has 0 saturated heterocycles. The van der Waals surface area contributed by atoms with Gasteiger partial charge in [0.05, 0.1) is 18.2 Å². The van der Waals surface area contributed by atoms with Crippen LogP contribution in [0.5, 0.6) is 0 Å². The number of benzene rings is 3. The number of amides is 2. The maximum atomic E-state index is 13.5. The minimum atomic E-state index is -0.485. The van der Waals surface area contributed by atoms with E-state index in [0.717, 1.165) is 22.6 Å². The van der Waals surface area contributed by atoms with Crippen molar-refractivity contribution in [2.45, 2.75) is 30.0 Å². The smallest absolute Gasteiger partial charge is 0.241 e. The van der Waals surface area contributed by atoms with Crippen LogP contribution in [0.2, 0.25) is 5.02 Å². The molecule has 4 rings (SSSR count). The van der Waals surface area contributed by atoms with Crippen molar-refractivity contribution >= 4 is 40.9 Å². The molecule has 0 radical (unpaired) electrons. The van der Waals surface area contributed by atoms with Gasteiger partial charge in [0.1, 0.15) is 5.25 Å². The molecule has 0 bridgehead atoms. The summed E-state index contributed by atoms with van der Waals surface area (Å²) in [6, 6.07) is 25.4. The molecule has 1 aliphatic rings. The standard InChI is InChI=1S/C26H25ClN2O2S/c1-18(25(30)28-15-14-19-8-3-2-4-9-19)24-26(31)29(17-20-10-7-11-21(27)16-20)22-12-5-6-13-23(22)32-24/h2-13,16,18,24H,14-15,17H2,1H3,(H,28,30)/t18-,24-/m0/s1. The SMILES string of the molecule is C[C@H](C(=O)NCCc1ccccc1)[C@@H]1Sc2ccccc2N(Cc2cccc(Cl)c2)C1=O. The molecule has 32 heavy (non-hydrogen) atoms.